The highest BCUT2D eigenvalue weighted by atomic mass is 19.1. The van der Waals surface area contributed by atoms with Crippen LogP contribution in [-0.4, -0.2) is 44.6 Å². The van der Waals surface area contributed by atoms with Gasteiger partial charge in [0.25, 0.3) is 0 Å². The van der Waals surface area contributed by atoms with E-state index in [0.29, 0.717) is 18.1 Å². The predicted molar refractivity (Wildman–Crippen MR) is 87.0 cm³/mol. The van der Waals surface area contributed by atoms with Crippen molar-refractivity contribution in [2.45, 2.75) is 26.3 Å². The largest absolute Gasteiger partial charge is 0.355 e. The molecule has 0 fully saturated rings. The summed E-state index contributed by atoms with van der Waals surface area (Å²) in [7, 11) is 3.84. The van der Waals surface area contributed by atoms with Gasteiger partial charge in [-0.3, -0.25) is 4.99 Å². The number of halogens is 1. The molecule has 0 aliphatic carbocycles. The van der Waals surface area contributed by atoms with Gasteiger partial charge in [-0.05, 0) is 26.1 Å². The topological polar surface area (TPSA) is 39.7 Å². The Balaban J connectivity index is 2.28. The third-order valence-electron chi connectivity index (χ3n) is 3.31. The summed E-state index contributed by atoms with van der Waals surface area (Å²) in [5.74, 6) is 0.502. The summed E-state index contributed by atoms with van der Waals surface area (Å²) >= 11 is 0. The number of hydrogen-bond donors (Lipinski definition) is 2. The summed E-state index contributed by atoms with van der Waals surface area (Å²) in [6, 6.07) is 6.76. The maximum atomic E-state index is 13.5. The molecule has 118 valence electrons. The Morgan fingerprint density at radius 1 is 1.24 bits per heavy atom. The standard InChI is InChI=1S/C16H27FN4/c1-4-5-11-21(3)12-10-19-16(18-2)20-13-14-8-6-7-9-15(14)17/h6-9H,4-5,10-13H2,1-3H3,(H2,18,19,20). The molecule has 0 aromatic heterocycles. The van der Waals surface area contributed by atoms with E-state index in [2.05, 4.69) is 34.5 Å². The van der Waals surface area contributed by atoms with Crippen LogP contribution >= 0.6 is 0 Å². The van der Waals surface area contributed by atoms with Gasteiger partial charge in [0, 0.05) is 32.2 Å². The molecule has 0 amide bonds. The third kappa shape index (κ3) is 7.09. The van der Waals surface area contributed by atoms with Gasteiger partial charge >= 0.3 is 0 Å². The van der Waals surface area contributed by atoms with E-state index >= 15 is 0 Å². The third-order valence-corrected chi connectivity index (χ3v) is 3.31. The van der Waals surface area contributed by atoms with E-state index in [4.69, 9.17) is 0 Å². The van der Waals surface area contributed by atoms with E-state index in [1.807, 2.05) is 6.07 Å². The lowest BCUT2D eigenvalue weighted by molar-refractivity contribution is 0.332. The summed E-state index contributed by atoms with van der Waals surface area (Å²) in [4.78, 5) is 6.44. The second-order valence-corrected chi connectivity index (χ2v) is 5.10. The van der Waals surface area contributed by atoms with Gasteiger partial charge in [0.05, 0.1) is 0 Å². The van der Waals surface area contributed by atoms with Crippen LogP contribution in [0.4, 0.5) is 4.39 Å². The number of hydrogen-bond acceptors (Lipinski definition) is 2. The zero-order chi connectivity index (χ0) is 15.5. The lowest BCUT2D eigenvalue weighted by Crippen LogP contribution is -2.40. The fraction of sp³-hybridized carbons (Fsp3) is 0.562. The molecule has 0 bridgehead atoms. The maximum absolute atomic E-state index is 13.5. The second-order valence-electron chi connectivity index (χ2n) is 5.10. The first kappa shape index (κ1) is 17.4. The average molecular weight is 294 g/mol. The first-order valence-corrected chi connectivity index (χ1v) is 7.53. The number of nitrogens with one attached hydrogen (secondary N) is 2. The lowest BCUT2D eigenvalue weighted by Gasteiger charge is -2.18. The van der Waals surface area contributed by atoms with Crippen LogP contribution in [0.3, 0.4) is 0 Å². The lowest BCUT2D eigenvalue weighted by atomic mass is 10.2. The van der Waals surface area contributed by atoms with Crippen molar-refractivity contribution in [3.05, 3.63) is 35.6 Å². The summed E-state index contributed by atoms with van der Waals surface area (Å²) in [6.07, 6.45) is 2.43. The molecule has 2 N–H and O–H groups in total. The molecule has 0 spiro atoms. The number of rotatable bonds is 8. The average Bonchev–Trinajstić information content (AvgIpc) is 2.50. The van der Waals surface area contributed by atoms with Crippen molar-refractivity contribution in [3.63, 3.8) is 0 Å². The van der Waals surface area contributed by atoms with E-state index in [1.54, 1.807) is 19.2 Å². The Labute approximate surface area is 127 Å². The molecular weight excluding hydrogens is 267 g/mol. The second kappa shape index (κ2) is 10.2. The predicted octanol–water partition coefficient (Wildman–Crippen LogP) is 2.22. The Morgan fingerprint density at radius 3 is 2.67 bits per heavy atom. The Hall–Kier alpha value is -1.62. The molecule has 0 saturated heterocycles. The number of guanidine groups is 1. The van der Waals surface area contributed by atoms with Crippen LogP contribution in [-0.2, 0) is 6.54 Å². The summed E-state index contributed by atoms with van der Waals surface area (Å²) in [5, 5.41) is 6.37. The van der Waals surface area contributed by atoms with Crippen LogP contribution in [0, 0.1) is 5.82 Å². The summed E-state index contributed by atoms with van der Waals surface area (Å²) < 4.78 is 13.5. The molecule has 1 aromatic rings. The minimum absolute atomic E-state index is 0.195. The number of benzene rings is 1. The Morgan fingerprint density at radius 2 is 2.00 bits per heavy atom. The van der Waals surface area contributed by atoms with Gasteiger partial charge < -0.3 is 15.5 Å². The van der Waals surface area contributed by atoms with Gasteiger partial charge in [0.15, 0.2) is 5.96 Å². The normalized spacial score (nSPS) is 11.8. The van der Waals surface area contributed by atoms with E-state index in [9.17, 15) is 4.39 Å². The Kier molecular flexibility index (Phi) is 8.43. The first-order valence-electron chi connectivity index (χ1n) is 7.53. The van der Waals surface area contributed by atoms with Crippen molar-refractivity contribution in [3.8, 4) is 0 Å². The molecule has 0 aliphatic rings. The first-order chi connectivity index (χ1) is 10.2. The van der Waals surface area contributed by atoms with Crippen molar-refractivity contribution in [1.82, 2.24) is 15.5 Å². The fourth-order valence-electron chi connectivity index (χ4n) is 1.95. The van der Waals surface area contributed by atoms with Gasteiger partial charge in [-0.1, -0.05) is 31.5 Å². The molecule has 1 aromatic carbocycles. The molecule has 21 heavy (non-hydrogen) atoms. The molecule has 0 aliphatic heterocycles. The van der Waals surface area contributed by atoms with Crippen molar-refractivity contribution in [1.29, 1.82) is 0 Å². The van der Waals surface area contributed by atoms with Crippen LogP contribution in [0.1, 0.15) is 25.3 Å². The number of unbranched alkanes of at least 4 members (excludes halogenated alkanes) is 1. The maximum Gasteiger partial charge on any atom is 0.191 e. The Bertz CT molecular complexity index is 434. The van der Waals surface area contributed by atoms with Crippen LogP contribution in [0.25, 0.3) is 0 Å². The van der Waals surface area contributed by atoms with Crippen molar-refractivity contribution >= 4 is 5.96 Å². The van der Waals surface area contributed by atoms with E-state index in [-0.39, 0.29) is 5.82 Å². The van der Waals surface area contributed by atoms with Gasteiger partial charge in [-0.15, -0.1) is 0 Å². The van der Waals surface area contributed by atoms with Crippen LogP contribution in [0.5, 0.6) is 0 Å². The number of nitrogens with zero attached hydrogens (tertiary/aromatic N) is 2. The minimum Gasteiger partial charge on any atom is -0.355 e. The quantitative estimate of drug-likeness (QED) is 0.570. The molecule has 0 atom stereocenters. The van der Waals surface area contributed by atoms with E-state index in [0.717, 1.165) is 19.6 Å². The summed E-state index contributed by atoms with van der Waals surface area (Å²) in [5.41, 5.74) is 0.639. The highest BCUT2D eigenvalue weighted by molar-refractivity contribution is 5.79. The van der Waals surface area contributed by atoms with Gasteiger partial charge in [0.1, 0.15) is 5.82 Å². The number of aliphatic imine (C=N–C) groups is 1. The van der Waals surface area contributed by atoms with Crippen LogP contribution < -0.4 is 10.6 Å². The van der Waals surface area contributed by atoms with Gasteiger partial charge in [0.2, 0.25) is 0 Å². The minimum atomic E-state index is -0.195. The highest BCUT2D eigenvalue weighted by Crippen LogP contribution is 2.05. The SMILES string of the molecule is CCCCN(C)CCNC(=NC)NCc1ccccc1F. The van der Waals surface area contributed by atoms with Gasteiger partial charge in [-0.25, -0.2) is 4.39 Å². The summed E-state index contributed by atoms with van der Waals surface area (Å²) in [6.45, 7) is 5.51. The van der Waals surface area contributed by atoms with Crippen molar-refractivity contribution < 1.29 is 4.39 Å². The van der Waals surface area contributed by atoms with Gasteiger partial charge in [-0.2, -0.15) is 0 Å². The molecular formula is C16H27FN4. The van der Waals surface area contributed by atoms with E-state index in [1.165, 1.54) is 18.9 Å². The molecule has 5 heteroatoms. The molecule has 4 nitrogen and oxygen atoms in total. The fourth-order valence-corrected chi connectivity index (χ4v) is 1.95. The van der Waals surface area contributed by atoms with Crippen molar-refractivity contribution in [2.75, 3.05) is 33.7 Å². The molecule has 0 radical (unpaired) electrons. The molecule has 0 saturated carbocycles. The smallest absolute Gasteiger partial charge is 0.191 e. The molecule has 0 unspecified atom stereocenters. The number of likely N-dealkylation sites (N-methyl/N-ethyl adjacent to an activating group) is 1. The van der Waals surface area contributed by atoms with Crippen LogP contribution in [0.2, 0.25) is 0 Å². The van der Waals surface area contributed by atoms with Crippen molar-refractivity contribution in [2.24, 2.45) is 4.99 Å². The molecule has 0 heterocycles. The highest BCUT2D eigenvalue weighted by Gasteiger charge is 2.03. The monoisotopic (exact) mass is 294 g/mol. The zero-order valence-corrected chi connectivity index (χ0v) is 13.3. The molecule has 1 rings (SSSR count). The van der Waals surface area contributed by atoms with Crippen LogP contribution in [0.15, 0.2) is 29.3 Å². The zero-order valence-electron chi connectivity index (χ0n) is 13.3. The van der Waals surface area contributed by atoms with E-state index < -0.39 is 0 Å².